The molecule has 7 nitrogen and oxygen atoms in total. The van der Waals surface area contributed by atoms with Crippen LogP contribution in [0.1, 0.15) is 23.2 Å². The average molecular weight is 314 g/mol. The van der Waals surface area contributed by atoms with E-state index < -0.39 is 16.0 Å². The standard InChI is InChI=1S/C13H18N2O5S/c1-15(2)13(18)10-5-3-6-11(9-10)14-21(19,20)8-4-7-12(16)17/h3,5-6,9,14H,4,7-8H2,1-2H3,(H,16,17). The summed E-state index contributed by atoms with van der Waals surface area (Å²) in [5.41, 5.74) is 0.642. The summed E-state index contributed by atoms with van der Waals surface area (Å²) >= 11 is 0. The fourth-order valence-corrected chi connectivity index (χ4v) is 2.73. The van der Waals surface area contributed by atoms with Gasteiger partial charge in [-0.05, 0) is 24.6 Å². The molecular formula is C13H18N2O5S. The molecule has 116 valence electrons. The molecule has 0 unspecified atom stereocenters. The molecule has 21 heavy (non-hydrogen) atoms. The smallest absolute Gasteiger partial charge is 0.303 e. The van der Waals surface area contributed by atoms with Crippen LogP contribution in [0.5, 0.6) is 0 Å². The Labute approximate surface area is 123 Å². The molecule has 0 aliphatic rings. The molecule has 1 aromatic carbocycles. The van der Waals surface area contributed by atoms with E-state index in [-0.39, 0.29) is 30.2 Å². The van der Waals surface area contributed by atoms with Crippen molar-refractivity contribution in [2.45, 2.75) is 12.8 Å². The fourth-order valence-electron chi connectivity index (χ4n) is 1.62. The summed E-state index contributed by atoms with van der Waals surface area (Å²) in [6, 6.07) is 6.13. The van der Waals surface area contributed by atoms with Gasteiger partial charge in [0, 0.05) is 31.8 Å². The highest BCUT2D eigenvalue weighted by atomic mass is 32.2. The molecule has 0 atom stereocenters. The number of carboxylic acids is 1. The third-order valence-electron chi connectivity index (χ3n) is 2.59. The van der Waals surface area contributed by atoms with Gasteiger partial charge in [-0.25, -0.2) is 8.42 Å². The predicted molar refractivity (Wildman–Crippen MR) is 78.7 cm³/mol. The van der Waals surface area contributed by atoms with E-state index in [2.05, 4.69) is 4.72 Å². The summed E-state index contributed by atoms with van der Waals surface area (Å²) in [6.07, 6.45) is -0.180. The Morgan fingerprint density at radius 1 is 1.29 bits per heavy atom. The van der Waals surface area contributed by atoms with Crippen molar-refractivity contribution in [2.24, 2.45) is 0 Å². The molecule has 8 heteroatoms. The van der Waals surface area contributed by atoms with Gasteiger partial charge in [-0.2, -0.15) is 0 Å². The first-order valence-electron chi connectivity index (χ1n) is 6.25. The Morgan fingerprint density at radius 2 is 1.95 bits per heavy atom. The number of sulfonamides is 1. The summed E-state index contributed by atoms with van der Waals surface area (Å²) in [4.78, 5) is 23.6. The maximum Gasteiger partial charge on any atom is 0.303 e. The number of nitrogens with one attached hydrogen (secondary N) is 1. The van der Waals surface area contributed by atoms with Gasteiger partial charge < -0.3 is 10.0 Å². The molecular weight excluding hydrogens is 296 g/mol. The van der Waals surface area contributed by atoms with Gasteiger partial charge in [-0.1, -0.05) is 6.07 Å². The Balaban J connectivity index is 2.76. The third kappa shape index (κ3) is 5.82. The number of anilines is 1. The van der Waals surface area contributed by atoms with E-state index in [4.69, 9.17) is 5.11 Å². The Morgan fingerprint density at radius 3 is 2.52 bits per heavy atom. The van der Waals surface area contributed by atoms with Crippen LogP contribution in [-0.4, -0.2) is 50.1 Å². The topological polar surface area (TPSA) is 104 Å². The first kappa shape index (κ1) is 17.0. The van der Waals surface area contributed by atoms with Crippen LogP contribution in [-0.2, 0) is 14.8 Å². The second-order valence-electron chi connectivity index (χ2n) is 4.70. The Hall–Kier alpha value is -2.09. The zero-order valence-electron chi connectivity index (χ0n) is 11.9. The maximum atomic E-state index is 11.8. The van der Waals surface area contributed by atoms with Gasteiger partial charge in [0.1, 0.15) is 0 Å². The number of carboxylic acid groups (broad SMARTS) is 1. The van der Waals surface area contributed by atoms with Crippen LogP contribution in [0.2, 0.25) is 0 Å². The summed E-state index contributed by atoms with van der Waals surface area (Å²) in [6.45, 7) is 0. The molecule has 0 heterocycles. The van der Waals surface area contributed by atoms with Crippen LogP contribution in [0.3, 0.4) is 0 Å². The zero-order valence-corrected chi connectivity index (χ0v) is 12.7. The van der Waals surface area contributed by atoms with E-state index in [9.17, 15) is 18.0 Å². The molecule has 0 spiro atoms. The van der Waals surface area contributed by atoms with Crippen LogP contribution in [0, 0.1) is 0 Å². The minimum absolute atomic E-state index is 0.0288. The molecule has 0 aliphatic heterocycles. The number of aliphatic carboxylic acids is 1. The summed E-state index contributed by atoms with van der Waals surface area (Å²) in [5, 5.41) is 8.49. The zero-order chi connectivity index (χ0) is 16.0. The summed E-state index contributed by atoms with van der Waals surface area (Å²) in [7, 11) is -0.427. The van der Waals surface area contributed by atoms with Crippen molar-refractivity contribution in [2.75, 3.05) is 24.6 Å². The van der Waals surface area contributed by atoms with Gasteiger partial charge in [0.15, 0.2) is 0 Å². The molecule has 0 radical (unpaired) electrons. The summed E-state index contributed by atoms with van der Waals surface area (Å²) < 4.78 is 25.9. The van der Waals surface area contributed by atoms with E-state index in [1.165, 1.54) is 17.0 Å². The number of carbonyl (C=O) groups excluding carboxylic acids is 1. The van der Waals surface area contributed by atoms with Crippen LogP contribution in [0.4, 0.5) is 5.69 Å². The van der Waals surface area contributed by atoms with Gasteiger partial charge in [0.25, 0.3) is 5.91 Å². The molecule has 0 saturated heterocycles. The van der Waals surface area contributed by atoms with Gasteiger partial charge in [0.05, 0.1) is 5.75 Å². The lowest BCUT2D eigenvalue weighted by Gasteiger charge is -2.12. The lowest BCUT2D eigenvalue weighted by Crippen LogP contribution is -2.22. The fraction of sp³-hybridized carbons (Fsp3) is 0.385. The summed E-state index contributed by atoms with van der Waals surface area (Å²) in [5.74, 6) is -1.56. The minimum Gasteiger partial charge on any atom is -0.481 e. The Kier molecular flexibility index (Phi) is 5.71. The molecule has 1 aromatic rings. The van der Waals surface area contributed by atoms with Gasteiger partial charge in [0.2, 0.25) is 10.0 Å². The molecule has 0 bridgehead atoms. The molecule has 2 N–H and O–H groups in total. The van der Waals surface area contributed by atoms with Gasteiger partial charge in [-0.3, -0.25) is 14.3 Å². The Bertz CT molecular complexity index is 625. The lowest BCUT2D eigenvalue weighted by atomic mass is 10.2. The molecule has 0 aliphatic carbocycles. The second-order valence-corrected chi connectivity index (χ2v) is 6.54. The van der Waals surface area contributed by atoms with E-state index in [0.717, 1.165) is 0 Å². The van der Waals surface area contributed by atoms with Crippen molar-refractivity contribution >= 4 is 27.6 Å². The first-order valence-corrected chi connectivity index (χ1v) is 7.90. The first-order chi connectivity index (χ1) is 9.71. The van der Waals surface area contributed by atoms with E-state index >= 15 is 0 Å². The average Bonchev–Trinajstić information content (AvgIpc) is 2.36. The van der Waals surface area contributed by atoms with E-state index in [0.29, 0.717) is 5.56 Å². The molecule has 0 aromatic heterocycles. The highest BCUT2D eigenvalue weighted by molar-refractivity contribution is 7.92. The molecule has 0 fully saturated rings. The maximum absolute atomic E-state index is 11.8. The quantitative estimate of drug-likeness (QED) is 0.781. The number of nitrogens with zero attached hydrogens (tertiary/aromatic N) is 1. The SMILES string of the molecule is CN(C)C(=O)c1cccc(NS(=O)(=O)CCCC(=O)O)c1. The van der Waals surface area contributed by atoms with Crippen LogP contribution in [0.25, 0.3) is 0 Å². The van der Waals surface area contributed by atoms with Crippen LogP contribution in [0.15, 0.2) is 24.3 Å². The van der Waals surface area contributed by atoms with E-state index in [1.54, 1.807) is 26.2 Å². The highest BCUT2D eigenvalue weighted by Crippen LogP contribution is 2.14. The molecule has 1 rings (SSSR count). The van der Waals surface area contributed by atoms with Crippen molar-refractivity contribution in [3.8, 4) is 0 Å². The highest BCUT2D eigenvalue weighted by Gasteiger charge is 2.13. The third-order valence-corrected chi connectivity index (χ3v) is 3.97. The van der Waals surface area contributed by atoms with Crippen molar-refractivity contribution in [1.82, 2.24) is 4.90 Å². The van der Waals surface area contributed by atoms with Crippen LogP contribution >= 0.6 is 0 Å². The van der Waals surface area contributed by atoms with Crippen molar-refractivity contribution in [3.05, 3.63) is 29.8 Å². The molecule has 0 saturated carbocycles. The number of benzene rings is 1. The van der Waals surface area contributed by atoms with Crippen molar-refractivity contribution in [3.63, 3.8) is 0 Å². The molecule has 1 amide bonds. The number of rotatable bonds is 7. The van der Waals surface area contributed by atoms with Gasteiger partial charge >= 0.3 is 5.97 Å². The van der Waals surface area contributed by atoms with Crippen LogP contribution < -0.4 is 4.72 Å². The van der Waals surface area contributed by atoms with Crippen molar-refractivity contribution in [1.29, 1.82) is 0 Å². The predicted octanol–water partition coefficient (Wildman–Crippen LogP) is 0.995. The van der Waals surface area contributed by atoms with E-state index in [1.807, 2.05) is 0 Å². The lowest BCUT2D eigenvalue weighted by molar-refractivity contribution is -0.137. The normalized spacial score (nSPS) is 11.0. The number of hydrogen-bond donors (Lipinski definition) is 2. The van der Waals surface area contributed by atoms with Crippen molar-refractivity contribution < 1.29 is 23.1 Å². The largest absolute Gasteiger partial charge is 0.481 e. The minimum atomic E-state index is -3.63. The number of hydrogen-bond acceptors (Lipinski definition) is 4. The number of carbonyl (C=O) groups is 2. The monoisotopic (exact) mass is 314 g/mol. The van der Waals surface area contributed by atoms with Gasteiger partial charge in [-0.15, -0.1) is 0 Å². The number of amides is 1. The second kappa shape index (κ2) is 7.07.